The van der Waals surface area contributed by atoms with E-state index in [0.29, 0.717) is 0 Å². The first kappa shape index (κ1) is 13.0. The van der Waals surface area contributed by atoms with E-state index in [1.54, 1.807) is 12.2 Å². The lowest BCUT2D eigenvalue weighted by Gasteiger charge is -2.00. The molecule has 1 heterocycles. The second-order valence-electron chi connectivity index (χ2n) is 3.90. The Labute approximate surface area is 111 Å². The Morgan fingerprint density at radius 3 is 2.68 bits per heavy atom. The van der Waals surface area contributed by atoms with Gasteiger partial charge in [0.25, 0.3) is 0 Å². The van der Waals surface area contributed by atoms with Gasteiger partial charge in [-0.3, -0.25) is 0 Å². The fourth-order valence-electron chi connectivity index (χ4n) is 1.74. The first-order valence-electron chi connectivity index (χ1n) is 5.83. The van der Waals surface area contributed by atoms with Gasteiger partial charge in [0.1, 0.15) is 0 Å². The number of fused-ring (bicyclic) bond motifs is 1. The molecule has 2 rings (SSSR count). The van der Waals surface area contributed by atoms with E-state index in [1.165, 1.54) is 14.2 Å². The first-order valence-corrected chi connectivity index (χ1v) is 5.83. The molecule has 0 radical (unpaired) electrons. The summed E-state index contributed by atoms with van der Waals surface area (Å²) in [6.45, 7) is 0. The highest BCUT2D eigenvalue weighted by Gasteiger charge is 2.07. The zero-order valence-corrected chi connectivity index (χ0v) is 10.8. The van der Waals surface area contributed by atoms with Crippen LogP contribution < -0.4 is 0 Å². The van der Waals surface area contributed by atoms with E-state index in [2.05, 4.69) is 9.72 Å². The standard InChI is InChI=1S/C15H15NO3/c1-18-14(15(17)19-2)9-5-7-12-10-11-6-3-4-8-13(11)16-12/h3-10,16H,1-2H3/b7-5+,14-9+. The molecule has 0 fully saturated rings. The van der Waals surface area contributed by atoms with Gasteiger partial charge in [-0.1, -0.05) is 24.3 Å². The van der Waals surface area contributed by atoms with Crippen molar-refractivity contribution >= 4 is 22.9 Å². The number of carbonyl (C=O) groups is 1. The molecule has 0 spiro atoms. The molecule has 4 heteroatoms. The first-order chi connectivity index (χ1) is 9.24. The van der Waals surface area contributed by atoms with Gasteiger partial charge in [-0.2, -0.15) is 0 Å². The van der Waals surface area contributed by atoms with Crippen LogP contribution in [0.3, 0.4) is 0 Å². The Morgan fingerprint density at radius 2 is 2.00 bits per heavy atom. The van der Waals surface area contributed by atoms with Crippen LogP contribution in [0, 0.1) is 0 Å². The lowest BCUT2D eigenvalue weighted by atomic mass is 10.2. The number of aromatic nitrogens is 1. The smallest absolute Gasteiger partial charge is 0.373 e. The quantitative estimate of drug-likeness (QED) is 0.396. The molecule has 1 aromatic carbocycles. The van der Waals surface area contributed by atoms with E-state index in [0.717, 1.165) is 16.6 Å². The minimum atomic E-state index is -0.496. The van der Waals surface area contributed by atoms with Gasteiger partial charge < -0.3 is 14.5 Å². The molecule has 1 N–H and O–H groups in total. The number of ether oxygens (including phenoxy) is 2. The highest BCUT2D eigenvalue weighted by Crippen LogP contribution is 2.15. The number of carbonyl (C=O) groups excluding carboxylic acids is 1. The summed E-state index contributed by atoms with van der Waals surface area (Å²) in [5.74, 6) is -0.335. The van der Waals surface area contributed by atoms with Crippen molar-refractivity contribution < 1.29 is 14.3 Å². The average Bonchev–Trinajstić information content (AvgIpc) is 2.85. The molecule has 0 atom stereocenters. The molecule has 2 aromatic rings. The van der Waals surface area contributed by atoms with E-state index in [1.807, 2.05) is 36.4 Å². The predicted molar refractivity (Wildman–Crippen MR) is 74.4 cm³/mol. The Kier molecular flexibility index (Phi) is 4.03. The summed E-state index contributed by atoms with van der Waals surface area (Å²) in [6, 6.07) is 10.0. The van der Waals surface area contributed by atoms with Crippen LogP contribution >= 0.6 is 0 Å². The lowest BCUT2D eigenvalue weighted by molar-refractivity contribution is -0.139. The number of rotatable bonds is 4. The normalized spacial score (nSPS) is 12.0. The molecule has 19 heavy (non-hydrogen) atoms. The van der Waals surface area contributed by atoms with E-state index in [9.17, 15) is 4.79 Å². The summed E-state index contributed by atoms with van der Waals surface area (Å²) in [7, 11) is 2.75. The molecule has 0 aliphatic heterocycles. The van der Waals surface area contributed by atoms with Crippen LogP contribution in [-0.4, -0.2) is 25.2 Å². The Balaban J connectivity index is 2.18. The van der Waals surface area contributed by atoms with Gasteiger partial charge in [-0.25, -0.2) is 4.79 Å². The summed E-state index contributed by atoms with van der Waals surface area (Å²) in [4.78, 5) is 14.5. The van der Waals surface area contributed by atoms with Crippen molar-refractivity contribution in [3.63, 3.8) is 0 Å². The van der Waals surface area contributed by atoms with Crippen molar-refractivity contribution in [1.82, 2.24) is 4.98 Å². The highest BCUT2D eigenvalue weighted by molar-refractivity contribution is 5.87. The second-order valence-corrected chi connectivity index (χ2v) is 3.90. The number of aromatic amines is 1. The molecule has 98 valence electrons. The topological polar surface area (TPSA) is 51.3 Å². The van der Waals surface area contributed by atoms with Crippen molar-refractivity contribution in [2.75, 3.05) is 14.2 Å². The third-order valence-electron chi connectivity index (χ3n) is 2.68. The van der Waals surface area contributed by atoms with Gasteiger partial charge in [0.15, 0.2) is 0 Å². The van der Waals surface area contributed by atoms with Gasteiger partial charge in [0, 0.05) is 11.2 Å². The van der Waals surface area contributed by atoms with Crippen molar-refractivity contribution in [2.24, 2.45) is 0 Å². The Morgan fingerprint density at radius 1 is 1.21 bits per heavy atom. The monoisotopic (exact) mass is 257 g/mol. The van der Waals surface area contributed by atoms with Crippen LogP contribution in [0.4, 0.5) is 0 Å². The zero-order chi connectivity index (χ0) is 13.7. The van der Waals surface area contributed by atoms with Crippen LogP contribution in [0.2, 0.25) is 0 Å². The molecule has 0 amide bonds. The number of benzene rings is 1. The van der Waals surface area contributed by atoms with Gasteiger partial charge in [-0.05, 0) is 29.7 Å². The number of hydrogen-bond acceptors (Lipinski definition) is 3. The van der Waals surface area contributed by atoms with E-state index in [-0.39, 0.29) is 5.76 Å². The minimum absolute atomic E-state index is 0.162. The fraction of sp³-hybridized carbons (Fsp3) is 0.133. The Hall–Kier alpha value is -2.49. The van der Waals surface area contributed by atoms with Crippen molar-refractivity contribution in [2.45, 2.75) is 0 Å². The summed E-state index contributed by atoms with van der Waals surface area (Å²) < 4.78 is 9.51. The summed E-state index contributed by atoms with van der Waals surface area (Å²) in [5.41, 5.74) is 2.03. The molecule has 1 aromatic heterocycles. The number of H-pyrrole nitrogens is 1. The number of methoxy groups -OCH3 is 2. The van der Waals surface area contributed by atoms with Crippen molar-refractivity contribution in [3.8, 4) is 0 Å². The summed E-state index contributed by atoms with van der Waals surface area (Å²) in [6.07, 6.45) is 5.17. The molecule has 0 saturated carbocycles. The molecule has 0 saturated heterocycles. The lowest BCUT2D eigenvalue weighted by Crippen LogP contribution is -2.05. The van der Waals surface area contributed by atoms with Gasteiger partial charge in [-0.15, -0.1) is 0 Å². The third kappa shape index (κ3) is 3.04. The molecule has 0 unspecified atom stereocenters. The number of para-hydroxylation sites is 1. The SMILES string of the molecule is COC(=O)/C(=C\C=C\c1cc2ccccc2[nH]1)OC. The molecule has 0 aliphatic carbocycles. The van der Waals surface area contributed by atoms with Crippen LogP contribution in [0.25, 0.3) is 17.0 Å². The maximum absolute atomic E-state index is 11.3. The average molecular weight is 257 g/mol. The van der Waals surface area contributed by atoms with E-state index in [4.69, 9.17) is 4.74 Å². The van der Waals surface area contributed by atoms with E-state index >= 15 is 0 Å². The van der Waals surface area contributed by atoms with Crippen LogP contribution in [0.15, 0.2) is 48.2 Å². The number of nitrogens with one attached hydrogen (secondary N) is 1. The van der Waals surface area contributed by atoms with E-state index < -0.39 is 5.97 Å². The number of allylic oxidation sites excluding steroid dienone is 2. The fourth-order valence-corrected chi connectivity index (χ4v) is 1.74. The zero-order valence-electron chi connectivity index (χ0n) is 10.8. The minimum Gasteiger partial charge on any atom is -0.490 e. The van der Waals surface area contributed by atoms with Crippen LogP contribution in [0.5, 0.6) is 0 Å². The van der Waals surface area contributed by atoms with Gasteiger partial charge in [0.2, 0.25) is 5.76 Å². The molecule has 0 bridgehead atoms. The number of esters is 1. The van der Waals surface area contributed by atoms with Crippen molar-refractivity contribution in [1.29, 1.82) is 0 Å². The Bertz CT molecular complexity index is 605. The summed E-state index contributed by atoms with van der Waals surface area (Å²) in [5, 5.41) is 1.14. The maximum atomic E-state index is 11.3. The third-order valence-corrected chi connectivity index (χ3v) is 2.68. The maximum Gasteiger partial charge on any atom is 0.373 e. The molecule has 0 aliphatic rings. The van der Waals surface area contributed by atoms with Crippen LogP contribution in [0.1, 0.15) is 5.69 Å². The van der Waals surface area contributed by atoms with Gasteiger partial charge in [0.05, 0.1) is 14.2 Å². The molecular weight excluding hydrogens is 242 g/mol. The van der Waals surface area contributed by atoms with Gasteiger partial charge >= 0.3 is 5.97 Å². The predicted octanol–water partition coefficient (Wildman–Crippen LogP) is 2.88. The number of hydrogen-bond donors (Lipinski definition) is 1. The second kappa shape index (κ2) is 5.91. The largest absolute Gasteiger partial charge is 0.490 e. The molecule has 4 nitrogen and oxygen atoms in total. The molecular formula is C15H15NO3. The summed E-state index contributed by atoms with van der Waals surface area (Å²) >= 11 is 0. The highest BCUT2D eigenvalue weighted by atomic mass is 16.6. The van der Waals surface area contributed by atoms with Crippen molar-refractivity contribution in [3.05, 3.63) is 53.9 Å². The van der Waals surface area contributed by atoms with Crippen LogP contribution in [-0.2, 0) is 14.3 Å².